The second-order valence-electron chi connectivity index (χ2n) is 9.81. The van der Waals surface area contributed by atoms with Crippen molar-refractivity contribution in [2.24, 2.45) is 0 Å². The number of aromatic nitrogens is 1. The number of hydrogen-bond donors (Lipinski definition) is 0. The number of piperidine rings is 1. The fourth-order valence-electron chi connectivity index (χ4n) is 5.57. The Kier molecular flexibility index (Phi) is 6.96. The third-order valence-corrected chi connectivity index (χ3v) is 7.77. The number of anilines is 1. The zero-order valence-corrected chi connectivity index (χ0v) is 21.9. The number of likely N-dealkylation sites (tertiary alicyclic amines) is 1. The van der Waals surface area contributed by atoms with Crippen LogP contribution < -0.4 is 14.4 Å². The van der Waals surface area contributed by atoms with Crippen LogP contribution in [0.1, 0.15) is 51.7 Å². The third-order valence-electron chi connectivity index (χ3n) is 7.77. The van der Waals surface area contributed by atoms with Gasteiger partial charge in [-0.25, -0.2) is 13.2 Å². The van der Waals surface area contributed by atoms with Crippen molar-refractivity contribution in [3.05, 3.63) is 82.4 Å². The second-order valence-corrected chi connectivity index (χ2v) is 9.81. The van der Waals surface area contributed by atoms with Gasteiger partial charge in [0.1, 0.15) is 17.1 Å². The molecule has 7 nitrogen and oxygen atoms in total. The number of aryl methyl sites for hydroxylation is 1. The summed E-state index contributed by atoms with van der Waals surface area (Å²) in [5, 5.41) is 0. The van der Waals surface area contributed by atoms with E-state index in [1.165, 1.54) is 31.3 Å². The van der Waals surface area contributed by atoms with E-state index in [4.69, 9.17) is 9.47 Å². The molecule has 0 radical (unpaired) electrons. The van der Waals surface area contributed by atoms with Gasteiger partial charge in [-0.1, -0.05) is 6.92 Å². The first-order valence-corrected chi connectivity index (χ1v) is 12.7. The number of carbonyl (C=O) groups excluding carboxylic acids is 2. The van der Waals surface area contributed by atoms with Gasteiger partial charge in [-0.15, -0.1) is 0 Å². The zero-order valence-electron chi connectivity index (χ0n) is 21.9. The van der Waals surface area contributed by atoms with Crippen molar-refractivity contribution in [1.29, 1.82) is 0 Å². The van der Waals surface area contributed by atoms with Gasteiger partial charge in [0, 0.05) is 43.0 Å². The van der Waals surface area contributed by atoms with Crippen LogP contribution in [-0.4, -0.2) is 55.6 Å². The predicted molar refractivity (Wildman–Crippen MR) is 138 cm³/mol. The summed E-state index contributed by atoms with van der Waals surface area (Å²) in [5.74, 6) is -4.37. The molecule has 204 valence electrons. The molecular weight excluding hydrogens is 511 g/mol. The summed E-state index contributed by atoms with van der Waals surface area (Å²) in [7, 11) is 2.43. The molecule has 2 aliphatic rings. The summed E-state index contributed by atoms with van der Waals surface area (Å²) in [6, 6.07) is 8.99. The van der Waals surface area contributed by atoms with Gasteiger partial charge in [0.05, 0.1) is 14.2 Å². The molecule has 0 unspecified atom stereocenters. The van der Waals surface area contributed by atoms with Crippen LogP contribution in [0.25, 0.3) is 0 Å². The number of nitrogens with zero attached hydrogens (tertiary/aromatic N) is 3. The van der Waals surface area contributed by atoms with Crippen LogP contribution in [0.3, 0.4) is 0 Å². The topological polar surface area (TPSA) is 72.0 Å². The highest BCUT2D eigenvalue weighted by atomic mass is 19.1. The first-order valence-electron chi connectivity index (χ1n) is 12.7. The molecule has 0 bridgehead atoms. The highest BCUT2D eigenvalue weighted by molar-refractivity contribution is 6.06. The van der Waals surface area contributed by atoms with E-state index in [-0.39, 0.29) is 37.0 Å². The van der Waals surface area contributed by atoms with Gasteiger partial charge in [-0.05, 0) is 60.7 Å². The summed E-state index contributed by atoms with van der Waals surface area (Å²) in [6.07, 6.45) is 3.08. The van der Waals surface area contributed by atoms with Crippen molar-refractivity contribution < 1.29 is 32.2 Å². The Balaban J connectivity index is 1.43. The van der Waals surface area contributed by atoms with Crippen molar-refractivity contribution in [1.82, 2.24) is 9.88 Å². The molecule has 1 fully saturated rings. The molecule has 1 saturated heterocycles. The van der Waals surface area contributed by atoms with Crippen LogP contribution in [0.5, 0.6) is 11.5 Å². The van der Waals surface area contributed by atoms with Crippen LogP contribution in [0, 0.1) is 17.5 Å². The first-order chi connectivity index (χ1) is 18.7. The minimum atomic E-state index is -1.10. The van der Waals surface area contributed by atoms with Crippen LogP contribution in [0.15, 0.2) is 42.6 Å². The average Bonchev–Trinajstić information content (AvgIpc) is 3.25. The van der Waals surface area contributed by atoms with Crippen LogP contribution >= 0.6 is 0 Å². The molecule has 39 heavy (non-hydrogen) atoms. The van der Waals surface area contributed by atoms with Gasteiger partial charge in [-0.2, -0.15) is 0 Å². The quantitative estimate of drug-likeness (QED) is 0.461. The zero-order chi connectivity index (χ0) is 27.9. The number of methoxy groups -OCH3 is 2. The number of rotatable bonds is 5. The lowest BCUT2D eigenvalue weighted by molar-refractivity contribution is 0.0659. The lowest BCUT2D eigenvalue weighted by atomic mass is 9.74. The number of hydrogen-bond acceptors (Lipinski definition) is 5. The highest BCUT2D eigenvalue weighted by Crippen LogP contribution is 2.48. The van der Waals surface area contributed by atoms with Gasteiger partial charge < -0.3 is 19.3 Å². The average molecular weight is 540 g/mol. The SMILES string of the molecule is CCc1ccnc(C(=O)N2CC3(CCN(C(=O)c4c(F)c(OC)cc(OC)c4F)CC3)c3cc(F)ccc32)c1. The van der Waals surface area contributed by atoms with E-state index in [9.17, 15) is 22.8 Å². The molecule has 10 heteroatoms. The first kappa shape index (κ1) is 26.5. The number of ether oxygens (including phenoxy) is 2. The van der Waals surface area contributed by atoms with Crippen molar-refractivity contribution >= 4 is 17.5 Å². The van der Waals surface area contributed by atoms with Gasteiger partial charge in [-0.3, -0.25) is 14.6 Å². The monoisotopic (exact) mass is 539 g/mol. The smallest absolute Gasteiger partial charge is 0.276 e. The second kappa shape index (κ2) is 10.2. The molecule has 5 rings (SSSR count). The van der Waals surface area contributed by atoms with Crippen molar-refractivity contribution in [2.45, 2.75) is 31.6 Å². The molecule has 3 aromatic rings. The van der Waals surface area contributed by atoms with Gasteiger partial charge in [0.2, 0.25) is 0 Å². The maximum absolute atomic E-state index is 15.0. The van der Waals surface area contributed by atoms with Gasteiger partial charge >= 0.3 is 0 Å². The van der Waals surface area contributed by atoms with Crippen molar-refractivity contribution in [3.63, 3.8) is 0 Å². The van der Waals surface area contributed by atoms with E-state index in [1.807, 2.05) is 13.0 Å². The molecule has 2 aromatic carbocycles. The van der Waals surface area contributed by atoms with Gasteiger partial charge in [0.15, 0.2) is 23.1 Å². The van der Waals surface area contributed by atoms with E-state index < -0.39 is 34.3 Å². The Labute approximate surface area is 224 Å². The lowest BCUT2D eigenvalue weighted by Gasteiger charge is -2.40. The Hall–Kier alpha value is -4.08. The molecule has 1 spiro atoms. The van der Waals surface area contributed by atoms with Crippen molar-refractivity contribution in [3.8, 4) is 11.5 Å². The summed E-state index contributed by atoms with van der Waals surface area (Å²) >= 11 is 0. The molecule has 0 atom stereocenters. The molecule has 0 saturated carbocycles. The summed E-state index contributed by atoms with van der Waals surface area (Å²) < 4.78 is 54.3. The normalized spacial score (nSPS) is 15.8. The number of halogens is 3. The molecule has 1 aromatic heterocycles. The highest BCUT2D eigenvalue weighted by Gasteiger charge is 2.48. The number of amides is 2. The predicted octanol–water partition coefficient (Wildman–Crippen LogP) is 4.91. The summed E-state index contributed by atoms with van der Waals surface area (Å²) in [4.78, 5) is 34.1. The maximum Gasteiger partial charge on any atom is 0.276 e. The third kappa shape index (κ3) is 4.47. The minimum absolute atomic E-state index is 0.152. The standard InChI is InChI=1S/C29H28F3N3O4/c1-4-17-7-10-33-20(13-17)27(36)35-16-29(19-14-18(30)5-6-21(19)35)8-11-34(12-9-29)28(37)24-25(31)22(38-2)15-23(39-3)26(24)32/h5-7,10,13-15H,4,8-9,11-12,16H2,1-3H3. The summed E-state index contributed by atoms with van der Waals surface area (Å²) in [6.45, 7) is 2.57. The largest absolute Gasteiger partial charge is 0.494 e. The Bertz CT molecular complexity index is 1430. The Morgan fingerprint density at radius 1 is 0.949 bits per heavy atom. The van der Waals surface area contributed by atoms with E-state index in [1.54, 1.807) is 23.2 Å². The van der Waals surface area contributed by atoms with E-state index in [0.717, 1.165) is 18.1 Å². The Morgan fingerprint density at radius 3 is 2.23 bits per heavy atom. The van der Waals surface area contributed by atoms with Crippen LogP contribution in [-0.2, 0) is 11.8 Å². The Morgan fingerprint density at radius 2 is 1.62 bits per heavy atom. The molecule has 2 amide bonds. The van der Waals surface area contributed by atoms with Crippen molar-refractivity contribution in [2.75, 3.05) is 38.8 Å². The minimum Gasteiger partial charge on any atom is -0.494 e. The van der Waals surface area contributed by atoms with Crippen LogP contribution in [0.2, 0.25) is 0 Å². The molecule has 3 heterocycles. The fraction of sp³-hybridized carbons (Fsp3) is 0.345. The number of carbonyl (C=O) groups is 2. The van der Waals surface area contributed by atoms with Crippen LogP contribution in [0.4, 0.5) is 18.9 Å². The molecular formula is C29H28F3N3O4. The lowest BCUT2D eigenvalue weighted by Crippen LogP contribution is -2.48. The van der Waals surface area contributed by atoms with E-state index >= 15 is 0 Å². The molecule has 0 N–H and O–H groups in total. The number of pyridine rings is 1. The maximum atomic E-state index is 15.0. The number of benzene rings is 2. The summed E-state index contributed by atoms with van der Waals surface area (Å²) in [5.41, 5.74) is 1.16. The van der Waals surface area contributed by atoms with Gasteiger partial charge in [0.25, 0.3) is 11.8 Å². The van der Waals surface area contributed by atoms with E-state index in [2.05, 4.69) is 4.98 Å². The number of fused-ring (bicyclic) bond motifs is 2. The van der Waals surface area contributed by atoms with E-state index in [0.29, 0.717) is 29.8 Å². The molecule has 0 aliphatic carbocycles. The molecule has 2 aliphatic heterocycles. The fourth-order valence-corrected chi connectivity index (χ4v) is 5.57.